The zero-order valence-corrected chi connectivity index (χ0v) is 24.2. The fourth-order valence-corrected chi connectivity index (χ4v) is 7.23. The Morgan fingerprint density at radius 2 is 0.750 bits per heavy atom. The first-order valence-electron chi connectivity index (χ1n) is 15.3. The van der Waals surface area contributed by atoms with Crippen molar-refractivity contribution >= 4 is 53.9 Å². The summed E-state index contributed by atoms with van der Waals surface area (Å²) in [4.78, 5) is 0. The van der Waals surface area contributed by atoms with Gasteiger partial charge in [-0.05, 0) is 105 Å². The third kappa shape index (κ3) is 3.85. The highest BCUT2D eigenvalue weighted by Gasteiger charge is 2.17. The van der Waals surface area contributed by atoms with Gasteiger partial charge in [-0.3, -0.25) is 0 Å². The van der Waals surface area contributed by atoms with Crippen LogP contribution in [0.4, 0.5) is 0 Å². The first kappa shape index (κ1) is 24.8. The molecule has 0 fully saturated rings. The largest absolute Gasteiger partial charge is 0.0622 e. The van der Waals surface area contributed by atoms with Gasteiger partial charge >= 0.3 is 0 Å². The van der Waals surface area contributed by atoms with E-state index in [1.807, 2.05) is 0 Å². The van der Waals surface area contributed by atoms with Crippen LogP contribution < -0.4 is 0 Å². The second-order valence-electron chi connectivity index (χ2n) is 11.7. The van der Waals surface area contributed by atoms with Gasteiger partial charge in [0.2, 0.25) is 0 Å². The van der Waals surface area contributed by atoms with Gasteiger partial charge in [-0.15, -0.1) is 0 Å². The average Bonchev–Trinajstić information content (AvgIpc) is 3.09. The van der Waals surface area contributed by atoms with Crippen LogP contribution in [0.3, 0.4) is 0 Å². The fraction of sp³-hybridized carbons (Fsp3) is 0. The molecule has 0 bridgehead atoms. The van der Waals surface area contributed by atoms with Crippen molar-refractivity contribution in [2.75, 3.05) is 0 Å². The topological polar surface area (TPSA) is 0 Å². The quantitative estimate of drug-likeness (QED) is 0.150. The summed E-state index contributed by atoms with van der Waals surface area (Å²) in [5, 5.41) is 12.8. The average molecular weight is 557 g/mol. The lowest BCUT2D eigenvalue weighted by Gasteiger charge is -2.18. The Morgan fingerprint density at radius 1 is 0.227 bits per heavy atom. The molecule has 44 heavy (non-hydrogen) atoms. The Morgan fingerprint density at radius 3 is 1.45 bits per heavy atom. The van der Waals surface area contributed by atoms with Crippen molar-refractivity contribution in [1.29, 1.82) is 0 Å². The number of hydrogen-bond donors (Lipinski definition) is 0. The molecule has 9 aromatic rings. The summed E-state index contributed by atoms with van der Waals surface area (Å²) in [6.45, 7) is 0. The van der Waals surface area contributed by atoms with E-state index in [1.54, 1.807) is 0 Å². The maximum atomic E-state index is 2.38. The maximum Gasteiger partial charge on any atom is -0.00262 e. The first-order chi connectivity index (χ1) is 21.8. The summed E-state index contributed by atoms with van der Waals surface area (Å²) in [7, 11) is 0. The lowest BCUT2D eigenvalue weighted by atomic mass is 9.85. The highest BCUT2D eigenvalue weighted by atomic mass is 14.2. The van der Waals surface area contributed by atoms with Gasteiger partial charge in [0.15, 0.2) is 0 Å². The maximum absolute atomic E-state index is 2.38. The van der Waals surface area contributed by atoms with E-state index < -0.39 is 0 Å². The van der Waals surface area contributed by atoms with Crippen LogP contribution in [0.15, 0.2) is 170 Å². The van der Waals surface area contributed by atoms with Crippen LogP contribution in [-0.2, 0) is 0 Å². The van der Waals surface area contributed by atoms with E-state index in [9.17, 15) is 0 Å². The van der Waals surface area contributed by atoms with Gasteiger partial charge in [0.25, 0.3) is 0 Å². The van der Waals surface area contributed by atoms with Crippen LogP contribution in [0, 0.1) is 0 Å². The summed E-state index contributed by atoms with van der Waals surface area (Å²) >= 11 is 0. The van der Waals surface area contributed by atoms with E-state index in [4.69, 9.17) is 0 Å². The van der Waals surface area contributed by atoms with E-state index in [1.165, 1.54) is 87.2 Å². The van der Waals surface area contributed by atoms with Crippen molar-refractivity contribution in [2.24, 2.45) is 0 Å². The smallest absolute Gasteiger partial charge is 0.00262 e. The predicted octanol–water partition coefficient (Wildman–Crippen LogP) is 12.5. The van der Waals surface area contributed by atoms with Crippen LogP contribution in [0.25, 0.3) is 87.2 Å². The third-order valence-electron chi connectivity index (χ3n) is 9.20. The Hall–Kier alpha value is -5.72. The Labute approximate surface area is 256 Å². The molecule has 0 unspecified atom stereocenters. The van der Waals surface area contributed by atoms with Gasteiger partial charge in [0.05, 0.1) is 0 Å². The van der Waals surface area contributed by atoms with Crippen LogP contribution in [0.5, 0.6) is 0 Å². The van der Waals surface area contributed by atoms with Crippen molar-refractivity contribution in [3.05, 3.63) is 170 Å². The number of rotatable bonds is 3. The summed E-state index contributed by atoms with van der Waals surface area (Å²) < 4.78 is 0. The highest BCUT2D eigenvalue weighted by molar-refractivity contribution is 6.22. The lowest BCUT2D eigenvalue weighted by Crippen LogP contribution is -1.91. The zero-order valence-electron chi connectivity index (χ0n) is 24.2. The van der Waals surface area contributed by atoms with E-state index in [-0.39, 0.29) is 0 Å². The SMILES string of the molecule is c1ccc(-c2c3ccccc3c(-c3cccc(-c4cccc5c4ccc4cc6ccccc6cc45)c3)c3ccccc23)cc1. The van der Waals surface area contributed by atoms with Crippen molar-refractivity contribution in [2.45, 2.75) is 0 Å². The molecule has 0 saturated carbocycles. The van der Waals surface area contributed by atoms with Gasteiger partial charge in [-0.1, -0.05) is 152 Å². The van der Waals surface area contributed by atoms with Crippen LogP contribution in [0.2, 0.25) is 0 Å². The minimum absolute atomic E-state index is 1.23. The molecule has 0 heteroatoms. The van der Waals surface area contributed by atoms with Crippen LogP contribution >= 0.6 is 0 Å². The molecular formula is C44H28. The van der Waals surface area contributed by atoms with E-state index in [2.05, 4.69) is 170 Å². The molecule has 0 aromatic heterocycles. The molecule has 0 N–H and O–H groups in total. The highest BCUT2D eigenvalue weighted by Crippen LogP contribution is 2.44. The molecule has 0 aliphatic heterocycles. The molecule has 9 aromatic carbocycles. The second-order valence-corrected chi connectivity index (χ2v) is 11.7. The minimum Gasteiger partial charge on any atom is -0.0622 e. The fourth-order valence-electron chi connectivity index (χ4n) is 7.23. The van der Waals surface area contributed by atoms with Crippen molar-refractivity contribution in [3.8, 4) is 33.4 Å². The monoisotopic (exact) mass is 556 g/mol. The van der Waals surface area contributed by atoms with E-state index in [0.717, 1.165) is 0 Å². The first-order valence-corrected chi connectivity index (χ1v) is 15.3. The van der Waals surface area contributed by atoms with Crippen molar-refractivity contribution < 1.29 is 0 Å². The van der Waals surface area contributed by atoms with Crippen LogP contribution in [-0.4, -0.2) is 0 Å². The number of benzene rings is 9. The van der Waals surface area contributed by atoms with Gasteiger partial charge in [-0.25, -0.2) is 0 Å². The molecule has 0 heterocycles. The molecule has 0 nitrogen and oxygen atoms in total. The summed E-state index contributed by atoms with van der Waals surface area (Å²) in [5.41, 5.74) is 7.55. The molecule has 9 rings (SSSR count). The molecule has 0 spiro atoms. The van der Waals surface area contributed by atoms with Crippen LogP contribution in [0.1, 0.15) is 0 Å². The van der Waals surface area contributed by atoms with Gasteiger partial charge < -0.3 is 0 Å². The van der Waals surface area contributed by atoms with Crippen molar-refractivity contribution in [1.82, 2.24) is 0 Å². The second kappa shape index (κ2) is 9.93. The summed E-state index contributed by atoms with van der Waals surface area (Å²) in [6, 6.07) is 62.3. The molecular weight excluding hydrogens is 528 g/mol. The predicted molar refractivity (Wildman–Crippen MR) is 190 cm³/mol. The standard InChI is InChI=1S/C44H28/c1-2-12-29(13-3-1)43-38-18-6-8-20-40(38)44(41-21-9-7-19-39(41)43)34-17-10-16-32(27-34)35-22-11-23-36-37(35)25-24-33-26-30-14-4-5-15-31(30)28-42(33)36/h1-28H. The summed E-state index contributed by atoms with van der Waals surface area (Å²) in [6.07, 6.45) is 0. The molecule has 0 radical (unpaired) electrons. The molecule has 204 valence electrons. The third-order valence-corrected chi connectivity index (χ3v) is 9.20. The normalized spacial score (nSPS) is 11.6. The molecule has 0 saturated heterocycles. The molecule has 0 atom stereocenters. The lowest BCUT2D eigenvalue weighted by molar-refractivity contribution is 1.63. The number of fused-ring (bicyclic) bond motifs is 6. The van der Waals surface area contributed by atoms with E-state index in [0.29, 0.717) is 0 Å². The zero-order chi connectivity index (χ0) is 29.0. The van der Waals surface area contributed by atoms with E-state index >= 15 is 0 Å². The molecule has 0 amide bonds. The molecule has 0 aliphatic carbocycles. The Bertz CT molecular complexity index is 2480. The molecule has 0 aliphatic rings. The number of hydrogen-bond acceptors (Lipinski definition) is 0. The van der Waals surface area contributed by atoms with Gasteiger partial charge in [0, 0.05) is 0 Å². The minimum atomic E-state index is 1.23. The van der Waals surface area contributed by atoms with Gasteiger partial charge in [-0.2, -0.15) is 0 Å². The van der Waals surface area contributed by atoms with Crippen molar-refractivity contribution in [3.63, 3.8) is 0 Å². The Balaban J connectivity index is 1.29. The van der Waals surface area contributed by atoms with Gasteiger partial charge in [0.1, 0.15) is 0 Å². The Kier molecular flexibility index (Phi) is 5.61. The summed E-state index contributed by atoms with van der Waals surface area (Å²) in [5.74, 6) is 0.